The highest BCUT2D eigenvalue weighted by atomic mass is 79.9. The van der Waals surface area contributed by atoms with Crippen molar-refractivity contribution in [2.45, 2.75) is 46.2 Å². The molecule has 0 spiro atoms. The molecule has 0 radical (unpaired) electrons. The number of likely N-dealkylation sites (N-methyl/N-ethyl adjacent to an activating group) is 1. The van der Waals surface area contributed by atoms with Crippen LogP contribution < -0.4 is 14.8 Å². The van der Waals surface area contributed by atoms with Gasteiger partial charge in [-0.15, -0.1) is 0 Å². The van der Waals surface area contributed by atoms with Crippen LogP contribution in [0.25, 0.3) is 0 Å². The number of halogens is 1. The van der Waals surface area contributed by atoms with E-state index in [-0.39, 0.29) is 0 Å². The molecule has 1 aliphatic rings. The number of rotatable bonds is 9. The van der Waals surface area contributed by atoms with Gasteiger partial charge in [0.25, 0.3) is 0 Å². The van der Waals surface area contributed by atoms with E-state index in [0.717, 1.165) is 35.6 Å². The summed E-state index contributed by atoms with van der Waals surface area (Å²) in [4.78, 5) is 2.56. The molecule has 0 bridgehead atoms. The molecule has 0 saturated carbocycles. The van der Waals surface area contributed by atoms with E-state index >= 15 is 0 Å². The predicted octanol–water partition coefficient (Wildman–Crippen LogP) is 3.82. The van der Waals surface area contributed by atoms with Crippen molar-refractivity contribution >= 4 is 15.9 Å². The van der Waals surface area contributed by atoms with Crippen LogP contribution in [0.15, 0.2) is 16.6 Å². The molecule has 0 amide bonds. The van der Waals surface area contributed by atoms with E-state index in [0.29, 0.717) is 19.3 Å². The lowest BCUT2D eigenvalue weighted by Gasteiger charge is -2.23. The third kappa shape index (κ3) is 5.10. The fourth-order valence-electron chi connectivity index (χ4n) is 3.20. The Balaban J connectivity index is 1.96. The molecule has 0 unspecified atom stereocenters. The van der Waals surface area contributed by atoms with Crippen LogP contribution in [-0.4, -0.2) is 43.8 Å². The smallest absolute Gasteiger partial charge is 0.175 e. The summed E-state index contributed by atoms with van der Waals surface area (Å²) in [7, 11) is 0. The minimum absolute atomic E-state index is 0.630. The third-order valence-electron chi connectivity index (χ3n) is 4.27. The first-order valence-corrected chi connectivity index (χ1v) is 9.51. The monoisotopic (exact) mass is 384 g/mol. The topological polar surface area (TPSA) is 33.7 Å². The Kier molecular flexibility index (Phi) is 7.66. The van der Waals surface area contributed by atoms with Crippen LogP contribution in [0, 0.1) is 0 Å². The zero-order valence-corrected chi connectivity index (χ0v) is 16.1. The zero-order valence-electron chi connectivity index (χ0n) is 14.5. The second kappa shape index (κ2) is 9.50. The van der Waals surface area contributed by atoms with E-state index in [1.807, 2.05) is 13.8 Å². The van der Waals surface area contributed by atoms with Crippen LogP contribution in [0.5, 0.6) is 11.5 Å². The predicted molar refractivity (Wildman–Crippen MR) is 98.5 cm³/mol. The largest absolute Gasteiger partial charge is 0.490 e. The molecule has 5 heteroatoms. The van der Waals surface area contributed by atoms with Crippen molar-refractivity contribution in [2.75, 3.05) is 32.8 Å². The highest BCUT2D eigenvalue weighted by molar-refractivity contribution is 9.10. The van der Waals surface area contributed by atoms with Gasteiger partial charge in [0.2, 0.25) is 0 Å². The molecular formula is C18H29BrN2O2. The highest BCUT2D eigenvalue weighted by Crippen LogP contribution is 2.37. The summed E-state index contributed by atoms with van der Waals surface area (Å²) < 4.78 is 12.4. The summed E-state index contributed by atoms with van der Waals surface area (Å²) in [6, 6.07) is 4.88. The first kappa shape index (κ1) is 18.6. The number of nitrogens with one attached hydrogen (secondary N) is 1. The summed E-state index contributed by atoms with van der Waals surface area (Å²) in [6.45, 7) is 11.8. The summed E-state index contributed by atoms with van der Waals surface area (Å²) in [5.74, 6) is 1.61. The van der Waals surface area contributed by atoms with E-state index in [9.17, 15) is 0 Å². The van der Waals surface area contributed by atoms with Gasteiger partial charge in [0.1, 0.15) is 0 Å². The molecule has 1 aromatic rings. The third-order valence-corrected chi connectivity index (χ3v) is 4.86. The lowest BCUT2D eigenvalue weighted by Crippen LogP contribution is -2.37. The van der Waals surface area contributed by atoms with Crippen LogP contribution in [-0.2, 0) is 6.54 Å². The fourth-order valence-corrected chi connectivity index (χ4v) is 3.80. The summed E-state index contributed by atoms with van der Waals surface area (Å²) in [5.41, 5.74) is 1.21. The molecule has 1 atom stereocenters. The Morgan fingerprint density at radius 3 is 2.70 bits per heavy atom. The molecule has 0 aromatic heterocycles. The van der Waals surface area contributed by atoms with Crippen LogP contribution in [0.3, 0.4) is 0 Å². The van der Waals surface area contributed by atoms with Crippen molar-refractivity contribution in [3.05, 3.63) is 22.2 Å². The fraction of sp³-hybridized carbons (Fsp3) is 0.667. The lowest BCUT2D eigenvalue weighted by molar-refractivity contribution is 0.259. The Hall–Kier alpha value is -0.780. The summed E-state index contributed by atoms with van der Waals surface area (Å²) in [5, 5.41) is 3.60. The average Bonchev–Trinajstić information content (AvgIpc) is 2.98. The molecule has 1 fully saturated rings. The van der Waals surface area contributed by atoms with Crippen molar-refractivity contribution in [2.24, 2.45) is 0 Å². The van der Waals surface area contributed by atoms with Gasteiger partial charge in [0.15, 0.2) is 11.5 Å². The van der Waals surface area contributed by atoms with E-state index < -0.39 is 0 Å². The van der Waals surface area contributed by atoms with Crippen molar-refractivity contribution in [1.82, 2.24) is 10.2 Å². The maximum Gasteiger partial charge on any atom is 0.175 e. The average molecular weight is 385 g/mol. The minimum atomic E-state index is 0.630. The van der Waals surface area contributed by atoms with Gasteiger partial charge in [0.05, 0.1) is 17.7 Å². The molecule has 1 heterocycles. The van der Waals surface area contributed by atoms with Crippen LogP contribution in [0.1, 0.15) is 39.2 Å². The number of likely N-dealkylation sites (tertiary alicyclic amines) is 1. The van der Waals surface area contributed by atoms with E-state index in [1.54, 1.807) is 0 Å². The van der Waals surface area contributed by atoms with E-state index in [4.69, 9.17) is 9.47 Å². The Morgan fingerprint density at radius 2 is 2.00 bits per heavy atom. The second-order valence-corrected chi connectivity index (χ2v) is 6.68. The van der Waals surface area contributed by atoms with Gasteiger partial charge in [-0.2, -0.15) is 0 Å². The minimum Gasteiger partial charge on any atom is -0.490 e. The normalized spacial score (nSPS) is 18.3. The zero-order chi connectivity index (χ0) is 16.7. The SMILES string of the molecule is CCOc1cc(CNC[C@H]2CCCN2CC)cc(Br)c1OCC. The van der Waals surface area contributed by atoms with Crippen molar-refractivity contribution in [1.29, 1.82) is 0 Å². The van der Waals surface area contributed by atoms with Crippen molar-refractivity contribution < 1.29 is 9.47 Å². The van der Waals surface area contributed by atoms with Gasteiger partial charge in [-0.05, 0) is 73.4 Å². The van der Waals surface area contributed by atoms with E-state index in [2.05, 4.69) is 45.2 Å². The molecule has 0 aliphatic carbocycles. The lowest BCUT2D eigenvalue weighted by atomic mass is 10.1. The second-order valence-electron chi connectivity index (χ2n) is 5.83. The van der Waals surface area contributed by atoms with Gasteiger partial charge in [-0.1, -0.05) is 6.92 Å². The molecule has 23 heavy (non-hydrogen) atoms. The number of hydrogen-bond acceptors (Lipinski definition) is 4. The molecule has 1 saturated heterocycles. The number of ether oxygens (including phenoxy) is 2. The first-order valence-electron chi connectivity index (χ1n) is 8.72. The summed E-state index contributed by atoms with van der Waals surface area (Å²) in [6.07, 6.45) is 2.63. The summed E-state index contributed by atoms with van der Waals surface area (Å²) >= 11 is 3.61. The molecule has 130 valence electrons. The Bertz CT molecular complexity index is 496. The molecular weight excluding hydrogens is 356 g/mol. The molecule has 2 rings (SSSR count). The van der Waals surface area contributed by atoms with E-state index in [1.165, 1.54) is 24.9 Å². The van der Waals surface area contributed by atoms with Gasteiger partial charge in [-0.25, -0.2) is 0 Å². The van der Waals surface area contributed by atoms with Gasteiger partial charge < -0.3 is 14.8 Å². The molecule has 4 nitrogen and oxygen atoms in total. The molecule has 1 aromatic carbocycles. The van der Waals surface area contributed by atoms with Crippen molar-refractivity contribution in [3.8, 4) is 11.5 Å². The van der Waals surface area contributed by atoms with Crippen LogP contribution in [0.4, 0.5) is 0 Å². The van der Waals surface area contributed by atoms with Crippen LogP contribution >= 0.6 is 15.9 Å². The number of benzene rings is 1. The maximum atomic E-state index is 5.73. The van der Waals surface area contributed by atoms with Gasteiger partial charge in [-0.3, -0.25) is 4.90 Å². The maximum absolute atomic E-state index is 5.73. The Morgan fingerprint density at radius 1 is 1.22 bits per heavy atom. The molecule has 1 N–H and O–H groups in total. The molecule has 1 aliphatic heterocycles. The number of nitrogens with zero attached hydrogens (tertiary/aromatic N) is 1. The van der Waals surface area contributed by atoms with Crippen LogP contribution in [0.2, 0.25) is 0 Å². The Labute approximate surface area is 148 Å². The quantitative estimate of drug-likeness (QED) is 0.701. The first-order chi connectivity index (χ1) is 11.2. The standard InChI is InChI=1S/C18H29BrN2O2/c1-4-21-9-7-8-15(21)13-20-12-14-10-16(19)18(23-6-3)17(11-14)22-5-2/h10-11,15,20H,4-9,12-13H2,1-3H3/t15-/m1/s1. The highest BCUT2D eigenvalue weighted by Gasteiger charge is 2.22. The van der Waals surface area contributed by atoms with Gasteiger partial charge in [0, 0.05) is 19.1 Å². The van der Waals surface area contributed by atoms with Crippen molar-refractivity contribution in [3.63, 3.8) is 0 Å². The van der Waals surface area contributed by atoms with Gasteiger partial charge >= 0.3 is 0 Å². The number of hydrogen-bond donors (Lipinski definition) is 1.